The number of nitrogens with zero attached hydrogens (tertiary/aromatic N) is 2. The van der Waals surface area contributed by atoms with E-state index in [1.807, 2.05) is 23.1 Å². The molecule has 1 aromatic carbocycles. The summed E-state index contributed by atoms with van der Waals surface area (Å²) in [5.41, 5.74) is 0. The number of para-hydroxylation sites is 1. The van der Waals surface area contributed by atoms with E-state index in [-0.39, 0.29) is 37.0 Å². The molecule has 8 heteroatoms. The molecule has 27 heavy (non-hydrogen) atoms. The van der Waals surface area contributed by atoms with Gasteiger partial charge in [-0.05, 0) is 31.4 Å². The smallest absolute Gasteiger partial charge is 0.317 e. The molecule has 0 bridgehead atoms. The molecule has 8 nitrogen and oxygen atoms in total. The number of carbonyl (C=O) groups excluding carboxylic acids is 3. The number of benzene rings is 1. The Morgan fingerprint density at radius 1 is 1.15 bits per heavy atom. The van der Waals surface area contributed by atoms with Gasteiger partial charge in [0.15, 0.2) is 6.61 Å². The molecule has 2 saturated heterocycles. The molecule has 0 aliphatic carbocycles. The second-order valence-corrected chi connectivity index (χ2v) is 6.77. The van der Waals surface area contributed by atoms with Crippen molar-refractivity contribution in [1.29, 1.82) is 0 Å². The summed E-state index contributed by atoms with van der Waals surface area (Å²) in [4.78, 5) is 39.7. The Bertz CT molecular complexity index is 659. The fourth-order valence-electron chi connectivity index (χ4n) is 3.43. The predicted molar refractivity (Wildman–Crippen MR) is 99.3 cm³/mol. The van der Waals surface area contributed by atoms with Crippen LogP contribution in [0.15, 0.2) is 30.3 Å². The monoisotopic (exact) mass is 374 g/mol. The molecule has 3 rings (SSSR count). The highest BCUT2D eigenvalue weighted by molar-refractivity contribution is 5.85. The molecule has 0 atom stereocenters. The van der Waals surface area contributed by atoms with Crippen LogP contribution in [-0.2, 0) is 9.59 Å². The van der Waals surface area contributed by atoms with Gasteiger partial charge < -0.3 is 25.2 Å². The largest absolute Gasteiger partial charge is 0.484 e. The summed E-state index contributed by atoms with van der Waals surface area (Å²) in [5.74, 6) is 0.180. The number of hydrogen-bond acceptors (Lipinski definition) is 4. The van der Waals surface area contributed by atoms with Crippen LogP contribution in [-0.4, -0.2) is 73.0 Å². The van der Waals surface area contributed by atoms with Crippen molar-refractivity contribution in [2.45, 2.75) is 25.3 Å². The average molecular weight is 374 g/mol. The first-order valence-corrected chi connectivity index (χ1v) is 9.40. The lowest BCUT2D eigenvalue weighted by atomic mass is 10.0. The van der Waals surface area contributed by atoms with Crippen LogP contribution in [0.5, 0.6) is 5.75 Å². The van der Waals surface area contributed by atoms with Gasteiger partial charge >= 0.3 is 6.03 Å². The van der Waals surface area contributed by atoms with Gasteiger partial charge in [0.1, 0.15) is 5.75 Å². The molecule has 0 unspecified atom stereocenters. The first kappa shape index (κ1) is 19.0. The van der Waals surface area contributed by atoms with Gasteiger partial charge in [0.2, 0.25) is 5.91 Å². The summed E-state index contributed by atoms with van der Waals surface area (Å²) in [6.07, 6.45) is 2.50. The van der Waals surface area contributed by atoms with Crippen LogP contribution in [0.4, 0.5) is 4.79 Å². The van der Waals surface area contributed by atoms with Crippen LogP contribution >= 0.6 is 0 Å². The molecule has 2 fully saturated rings. The number of likely N-dealkylation sites (tertiary alicyclic amines) is 1. The summed E-state index contributed by atoms with van der Waals surface area (Å²) in [5, 5.41) is 5.47. The third-order valence-corrected chi connectivity index (χ3v) is 4.92. The number of amides is 4. The van der Waals surface area contributed by atoms with Crippen molar-refractivity contribution in [2.24, 2.45) is 0 Å². The van der Waals surface area contributed by atoms with E-state index in [2.05, 4.69) is 10.6 Å². The third-order valence-electron chi connectivity index (χ3n) is 4.92. The Morgan fingerprint density at radius 3 is 2.59 bits per heavy atom. The van der Waals surface area contributed by atoms with E-state index in [1.54, 1.807) is 17.0 Å². The summed E-state index contributed by atoms with van der Waals surface area (Å²) in [6, 6.07) is 9.24. The van der Waals surface area contributed by atoms with Gasteiger partial charge in [-0.15, -0.1) is 0 Å². The Kier molecular flexibility index (Phi) is 6.51. The fourth-order valence-corrected chi connectivity index (χ4v) is 3.43. The second kappa shape index (κ2) is 9.25. The molecule has 4 amide bonds. The van der Waals surface area contributed by atoms with Crippen molar-refractivity contribution in [3.63, 3.8) is 0 Å². The molecule has 0 saturated carbocycles. The number of hydrogen-bond donors (Lipinski definition) is 2. The van der Waals surface area contributed by atoms with Gasteiger partial charge in [0, 0.05) is 32.2 Å². The lowest BCUT2D eigenvalue weighted by Crippen LogP contribution is -2.55. The molecule has 2 aliphatic rings. The SMILES string of the molecule is O=C(COc1ccccc1)NCC(=O)N1CCC(N2CCCNC2=O)CC1. The van der Waals surface area contributed by atoms with Crippen molar-refractivity contribution >= 4 is 17.8 Å². The second-order valence-electron chi connectivity index (χ2n) is 6.77. The maximum Gasteiger partial charge on any atom is 0.317 e. The number of ether oxygens (including phenoxy) is 1. The summed E-state index contributed by atoms with van der Waals surface area (Å²) in [6.45, 7) is 2.56. The fraction of sp³-hybridized carbons (Fsp3) is 0.526. The van der Waals surface area contributed by atoms with Gasteiger partial charge in [-0.3, -0.25) is 9.59 Å². The van der Waals surface area contributed by atoms with Gasteiger partial charge in [0.05, 0.1) is 6.54 Å². The number of nitrogens with one attached hydrogen (secondary N) is 2. The number of carbonyl (C=O) groups is 3. The van der Waals surface area contributed by atoms with Crippen molar-refractivity contribution in [1.82, 2.24) is 20.4 Å². The van der Waals surface area contributed by atoms with E-state index < -0.39 is 0 Å². The highest BCUT2D eigenvalue weighted by Crippen LogP contribution is 2.18. The lowest BCUT2D eigenvalue weighted by molar-refractivity contribution is -0.134. The Labute approximate surface area is 158 Å². The molecule has 0 aromatic heterocycles. The van der Waals surface area contributed by atoms with Crippen molar-refractivity contribution in [3.05, 3.63) is 30.3 Å². The highest BCUT2D eigenvalue weighted by Gasteiger charge is 2.30. The molecule has 146 valence electrons. The van der Waals surface area contributed by atoms with Crippen LogP contribution in [0.3, 0.4) is 0 Å². The quantitative estimate of drug-likeness (QED) is 0.762. The zero-order valence-electron chi connectivity index (χ0n) is 15.4. The molecule has 0 radical (unpaired) electrons. The first-order valence-electron chi connectivity index (χ1n) is 9.40. The van der Waals surface area contributed by atoms with Crippen molar-refractivity contribution < 1.29 is 19.1 Å². The summed E-state index contributed by atoms with van der Waals surface area (Å²) in [7, 11) is 0. The zero-order valence-corrected chi connectivity index (χ0v) is 15.4. The molecule has 2 heterocycles. The Balaban J connectivity index is 1.35. The summed E-state index contributed by atoms with van der Waals surface area (Å²) < 4.78 is 5.36. The first-order chi connectivity index (χ1) is 13.1. The van der Waals surface area contributed by atoms with E-state index in [4.69, 9.17) is 4.74 Å². The van der Waals surface area contributed by atoms with E-state index in [1.165, 1.54) is 0 Å². The summed E-state index contributed by atoms with van der Waals surface area (Å²) >= 11 is 0. The normalized spacial score (nSPS) is 18.0. The van der Waals surface area contributed by atoms with Crippen molar-refractivity contribution in [3.8, 4) is 5.75 Å². The van der Waals surface area contributed by atoms with Gasteiger partial charge in [0.25, 0.3) is 5.91 Å². The minimum Gasteiger partial charge on any atom is -0.484 e. The van der Waals surface area contributed by atoms with Crippen LogP contribution in [0.2, 0.25) is 0 Å². The van der Waals surface area contributed by atoms with E-state index >= 15 is 0 Å². The predicted octanol–water partition coefficient (Wildman–Crippen LogP) is 0.588. The lowest BCUT2D eigenvalue weighted by Gasteiger charge is -2.40. The molecule has 1 aromatic rings. The van der Waals surface area contributed by atoms with Gasteiger partial charge in [-0.2, -0.15) is 0 Å². The van der Waals surface area contributed by atoms with E-state index in [0.29, 0.717) is 18.8 Å². The maximum absolute atomic E-state index is 12.3. The topological polar surface area (TPSA) is 91.0 Å². The van der Waals surface area contributed by atoms with Gasteiger partial charge in [-0.1, -0.05) is 18.2 Å². The highest BCUT2D eigenvalue weighted by atomic mass is 16.5. The standard InChI is InChI=1S/C19H26N4O4/c24-17(14-27-16-5-2-1-3-6-16)21-13-18(25)22-11-7-15(8-12-22)23-10-4-9-20-19(23)26/h1-3,5-6,15H,4,7-14H2,(H,20,26)(H,21,24). The number of piperidine rings is 1. The van der Waals surface area contributed by atoms with Crippen LogP contribution in [0, 0.1) is 0 Å². The minimum absolute atomic E-state index is 0.00305. The third kappa shape index (κ3) is 5.35. The molecule has 0 spiro atoms. The minimum atomic E-state index is -0.327. The van der Waals surface area contributed by atoms with Gasteiger partial charge in [-0.25, -0.2) is 4.79 Å². The maximum atomic E-state index is 12.3. The molecular formula is C19H26N4O4. The van der Waals surface area contributed by atoms with E-state index in [9.17, 15) is 14.4 Å². The van der Waals surface area contributed by atoms with Crippen LogP contribution < -0.4 is 15.4 Å². The molecule has 2 aliphatic heterocycles. The Morgan fingerprint density at radius 2 is 1.89 bits per heavy atom. The molecular weight excluding hydrogens is 348 g/mol. The van der Waals surface area contributed by atoms with E-state index in [0.717, 1.165) is 32.4 Å². The van der Waals surface area contributed by atoms with Crippen LogP contribution in [0.25, 0.3) is 0 Å². The van der Waals surface area contributed by atoms with Crippen LogP contribution in [0.1, 0.15) is 19.3 Å². The Hall–Kier alpha value is -2.77. The number of urea groups is 1. The number of rotatable bonds is 6. The van der Waals surface area contributed by atoms with Crippen molar-refractivity contribution in [2.75, 3.05) is 39.3 Å². The molecule has 2 N–H and O–H groups in total. The average Bonchev–Trinajstić information content (AvgIpc) is 2.72. The zero-order chi connectivity index (χ0) is 19.1.